The Hall–Kier alpha value is -2.19. The predicted molar refractivity (Wildman–Crippen MR) is 70.1 cm³/mol. The van der Waals surface area contributed by atoms with E-state index in [2.05, 4.69) is 15.3 Å². The molecule has 0 saturated carbocycles. The smallest absolute Gasteiger partial charge is 0.451 e. The molecule has 1 atom stereocenters. The van der Waals surface area contributed by atoms with Gasteiger partial charge < -0.3 is 10.4 Å². The number of carbonyl (C=O) groups is 2. The van der Waals surface area contributed by atoms with Crippen LogP contribution in [-0.4, -0.2) is 33.0 Å². The molecule has 9 heteroatoms. The van der Waals surface area contributed by atoms with Gasteiger partial charge in [-0.05, 0) is 25.3 Å². The Morgan fingerprint density at radius 1 is 1.32 bits per heavy atom. The number of aromatic nitrogens is 2. The topological polar surface area (TPSA) is 92.2 Å². The molecule has 0 fully saturated rings. The van der Waals surface area contributed by atoms with Crippen LogP contribution < -0.4 is 5.32 Å². The lowest BCUT2D eigenvalue weighted by atomic mass is 10.0. The lowest BCUT2D eigenvalue weighted by Crippen LogP contribution is -2.42. The molecular formula is C13H16F3N3O3. The summed E-state index contributed by atoms with van der Waals surface area (Å²) in [6.45, 7) is 4.81. The van der Waals surface area contributed by atoms with E-state index >= 15 is 0 Å². The fourth-order valence-electron chi connectivity index (χ4n) is 1.74. The molecule has 0 aliphatic carbocycles. The third-order valence-corrected chi connectivity index (χ3v) is 2.65. The van der Waals surface area contributed by atoms with Crippen LogP contribution in [0, 0.1) is 12.8 Å². The zero-order valence-corrected chi connectivity index (χ0v) is 12.2. The van der Waals surface area contributed by atoms with Crippen LogP contribution in [0.1, 0.15) is 42.3 Å². The minimum Gasteiger partial charge on any atom is -0.480 e. The van der Waals surface area contributed by atoms with E-state index in [1.165, 1.54) is 6.92 Å². The highest BCUT2D eigenvalue weighted by Crippen LogP contribution is 2.26. The van der Waals surface area contributed by atoms with Crippen LogP contribution in [0.25, 0.3) is 0 Å². The molecular weight excluding hydrogens is 303 g/mol. The number of alkyl halides is 3. The molecule has 1 unspecified atom stereocenters. The molecule has 1 heterocycles. The van der Waals surface area contributed by atoms with Crippen molar-refractivity contribution in [2.45, 2.75) is 39.4 Å². The van der Waals surface area contributed by atoms with Crippen LogP contribution in [-0.2, 0) is 11.0 Å². The predicted octanol–water partition coefficient (Wildman–Crippen LogP) is 2.03. The second kappa shape index (κ2) is 6.71. The van der Waals surface area contributed by atoms with Gasteiger partial charge in [-0.3, -0.25) is 4.79 Å². The molecule has 1 amide bonds. The number of carboxylic acids is 1. The van der Waals surface area contributed by atoms with Crippen molar-refractivity contribution in [3.63, 3.8) is 0 Å². The van der Waals surface area contributed by atoms with Crippen molar-refractivity contribution in [1.82, 2.24) is 15.3 Å². The molecule has 1 aromatic rings. The Bertz CT molecular complexity index is 573. The number of carbonyl (C=O) groups excluding carboxylic acids is 1. The quantitative estimate of drug-likeness (QED) is 0.866. The van der Waals surface area contributed by atoms with Gasteiger partial charge in [-0.1, -0.05) is 13.8 Å². The minimum atomic E-state index is -4.79. The first-order chi connectivity index (χ1) is 10.0. The molecule has 122 valence electrons. The van der Waals surface area contributed by atoms with E-state index in [4.69, 9.17) is 5.11 Å². The number of halogens is 3. The normalized spacial score (nSPS) is 13.0. The van der Waals surface area contributed by atoms with Gasteiger partial charge in [-0.25, -0.2) is 14.8 Å². The van der Waals surface area contributed by atoms with Gasteiger partial charge in [-0.2, -0.15) is 13.2 Å². The standard InChI is InChI=1S/C13H16F3N3O3/c1-6(2)4-9(11(21)22)18-10(20)8-5-7(3)17-12(19-8)13(14,15)16/h5-6,9H,4H2,1-3H3,(H,18,20)(H,21,22). The van der Waals surface area contributed by atoms with Gasteiger partial charge in [0.15, 0.2) is 0 Å². The van der Waals surface area contributed by atoms with E-state index < -0.39 is 35.6 Å². The van der Waals surface area contributed by atoms with Gasteiger partial charge in [0.1, 0.15) is 11.7 Å². The summed E-state index contributed by atoms with van der Waals surface area (Å²) in [4.78, 5) is 29.4. The third kappa shape index (κ3) is 4.97. The van der Waals surface area contributed by atoms with E-state index in [0.29, 0.717) is 0 Å². The van der Waals surface area contributed by atoms with Crippen LogP contribution >= 0.6 is 0 Å². The van der Waals surface area contributed by atoms with Crippen molar-refractivity contribution in [3.8, 4) is 0 Å². The van der Waals surface area contributed by atoms with Gasteiger partial charge in [0.05, 0.1) is 0 Å². The molecule has 0 aliphatic heterocycles. The number of nitrogens with zero attached hydrogens (tertiary/aromatic N) is 2. The number of amides is 1. The van der Waals surface area contributed by atoms with Gasteiger partial charge in [-0.15, -0.1) is 0 Å². The summed E-state index contributed by atoms with van der Waals surface area (Å²) >= 11 is 0. The van der Waals surface area contributed by atoms with Crippen molar-refractivity contribution in [3.05, 3.63) is 23.3 Å². The SMILES string of the molecule is Cc1cc(C(=O)NC(CC(C)C)C(=O)O)nc(C(F)(F)F)n1. The van der Waals surface area contributed by atoms with E-state index in [0.717, 1.165) is 6.07 Å². The number of aliphatic carboxylic acids is 1. The summed E-state index contributed by atoms with van der Waals surface area (Å²) in [6, 6.07) is -0.129. The zero-order chi connectivity index (χ0) is 17.1. The first-order valence-corrected chi connectivity index (χ1v) is 6.47. The number of hydrogen-bond donors (Lipinski definition) is 2. The van der Waals surface area contributed by atoms with Crippen molar-refractivity contribution in [2.75, 3.05) is 0 Å². The lowest BCUT2D eigenvalue weighted by Gasteiger charge is -2.16. The second-order valence-electron chi connectivity index (χ2n) is 5.21. The van der Waals surface area contributed by atoms with E-state index in [1.807, 2.05) is 0 Å². The molecule has 0 aromatic carbocycles. The fraction of sp³-hybridized carbons (Fsp3) is 0.538. The lowest BCUT2D eigenvalue weighted by molar-refractivity contribution is -0.145. The summed E-state index contributed by atoms with van der Waals surface area (Å²) in [5.74, 6) is -3.69. The molecule has 0 bridgehead atoms. The Kier molecular flexibility index (Phi) is 5.45. The van der Waals surface area contributed by atoms with Crippen LogP contribution in [0.15, 0.2) is 6.07 Å². The van der Waals surface area contributed by atoms with Crippen LogP contribution in [0.3, 0.4) is 0 Å². The third-order valence-electron chi connectivity index (χ3n) is 2.65. The number of aryl methyl sites for hydroxylation is 1. The molecule has 0 saturated heterocycles. The first-order valence-electron chi connectivity index (χ1n) is 6.47. The highest BCUT2D eigenvalue weighted by molar-refractivity contribution is 5.95. The summed E-state index contributed by atoms with van der Waals surface area (Å²) in [6.07, 6.45) is -4.64. The van der Waals surface area contributed by atoms with Gasteiger partial charge >= 0.3 is 12.1 Å². The summed E-state index contributed by atoms with van der Waals surface area (Å²) < 4.78 is 37.9. The summed E-state index contributed by atoms with van der Waals surface area (Å²) in [5.41, 5.74) is -0.557. The zero-order valence-electron chi connectivity index (χ0n) is 12.2. The number of carboxylic acid groups (broad SMARTS) is 1. The van der Waals surface area contributed by atoms with Gasteiger partial charge in [0.2, 0.25) is 5.82 Å². The Morgan fingerprint density at radius 2 is 1.91 bits per heavy atom. The average molecular weight is 319 g/mol. The second-order valence-corrected chi connectivity index (χ2v) is 5.21. The monoisotopic (exact) mass is 319 g/mol. The molecule has 0 spiro atoms. The first kappa shape index (κ1) is 17.9. The average Bonchev–Trinajstić information content (AvgIpc) is 2.35. The maximum absolute atomic E-state index is 12.6. The Morgan fingerprint density at radius 3 is 2.36 bits per heavy atom. The van der Waals surface area contributed by atoms with Crippen LogP contribution in [0.5, 0.6) is 0 Å². The fourth-order valence-corrected chi connectivity index (χ4v) is 1.74. The summed E-state index contributed by atoms with van der Waals surface area (Å²) in [5, 5.41) is 11.2. The molecule has 0 radical (unpaired) electrons. The molecule has 1 aromatic heterocycles. The minimum absolute atomic E-state index is 0.0146. The van der Waals surface area contributed by atoms with Crippen molar-refractivity contribution < 1.29 is 27.9 Å². The summed E-state index contributed by atoms with van der Waals surface area (Å²) in [7, 11) is 0. The largest absolute Gasteiger partial charge is 0.480 e. The maximum atomic E-state index is 12.6. The molecule has 22 heavy (non-hydrogen) atoms. The van der Waals surface area contributed by atoms with Crippen molar-refractivity contribution in [1.29, 1.82) is 0 Å². The molecule has 2 N–H and O–H groups in total. The number of nitrogens with one attached hydrogen (secondary N) is 1. The van der Waals surface area contributed by atoms with Crippen molar-refractivity contribution >= 4 is 11.9 Å². The van der Waals surface area contributed by atoms with E-state index in [1.54, 1.807) is 13.8 Å². The highest BCUT2D eigenvalue weighted by Gasteiger charge is 2.36. The Balaban J connectivity index is 3.02. The Labute approximate surface area is 124 Å². The number of rotatable bonds is 5. The number of hydrogen-bond acceptors (Lipinski definition) is 4. The van der Waals surface area contributed by atoms with Crippen LogP contribution in [0.2, 0.25) is 0 Å². The highest BCUT2D eigenvalue weighted by atomic mass is 19.4. The molecule has 6 nitrogen and oxygen atoms in total. The maximum Gasteiger partial charge on any atom is 0.451 e. The van der Waals surface area contributed by atoms with Gasteiger partial charge in [0, 0.05) is 5.69 Å². The van der Waals surface area contributed by atoms with Crippen molar-refractivity contribution in [2.24, 2.45) is 5.92 Å². The molecule has 1 rings (SSSR count). The molecule has 0 aliphatic rings. The van der Waals surface area contributed by atoms with Gasteiger partial charge in [0.25, 0.3) is 5.91 Å². The van der Waals surface area contributed by atoms with E-state index in [-0.39, 0.29) is 18.0 Å². The van der Waals surface area contributed by atoms with E-state index in [9.17, 15) is 22.8 Å². The van der Waals surface area contributed by atoms with Crippen LogP contribution in [0.4, 0.5) is 13.2 Å².